The van der Waals surface area contributed by atoms with Crippen molar-refractivity contribution in [3.05, 3.63) is 22.4 Å². The van der Waals surface area contributed by atoms with Crippen molar-refractivity contribution in [2.45, 2.75) is 25.9 Å². The van der Waals surface area contributed by atoms with Gasteiger partial charge in [-0.3, -0.25) is 14.8 Å². The maximum absolute atomic E-state index is 5.63. The normalized spacial score (nSPS) is 20.4. The topological polar surface area (TPSA) is 61.7 Å². The van der Waals surface area contributed by atoms with E-state index in [0.717, 1.165) is 57.5 Å². The van der Waals surface area contributed by atoms with Crippen LogP contribution in [0, 0.1) is 0 Å². The Kier molecular flexibility index (Phi) is 7.78. The maximum Gasteiger partial charge on any atom is 0.214 e. The molecule has 0 spiro atoms. The van der Waals surface area contributed by atoms with Gasteiger partial charge < -0.3 is 9.47 Å². The molecule has 1 N–H and O–H groups in total. The van der Waals surface area contributed by atoms with E-state index in [4.69, 9.17) is 26.4 Å². The van der Waals surface area contributed by atoms with Crippen LogP contribution in [0.3, 0.4) is 0 Å². The Morgan fingerprint density at radius 2 is 1.71 bits per heavy atom. The van der Waals surface area contributed by atoms with E-state index in [1.165, 1.54) is 0 Å². The molecule has 2 aliphatic heterocycles. The van der Waals surface area contributed by atoms with Crippen LogP contribution in [0.5, 0.6) is 0 Å². The summed E-state index contributed by atoms with van der Waals surface area (Å²) in [7, 11) is -2.13. The highest BCUT2D eigenvalue weighted by Gasteiger charge is 2.45. The Bertz CT molecular complexity index is 699. The fraction of sp³-hybridized carbons (Fsp3) is 0.667. The van der Waals surface area contributed by atoms with Gasteiger partial charge in [-0.2, -0.15) is 5.10 Å². The lowest BCUT2D eigenvalue weighted by Gasteiger charge is -2.52. The largest absolute Gasteiger partial charge is 0.379 e. The summed E-state index contributed by atoms with van der Waals surface area (Å²) in [4.78, 5) is 1.08. The molecule has 1 aromatic rings. The summed E-state index contributed by atoms with van der Waals surface area (Å²) in [5.41, 5.74) is 2.98. The summed E-state index contributed by atoms with van der Waals surface area (Å²) in [6.45, 7) is 13.2. The fourth-order valence-electron chi connectivity index (χ4n) is 3.63. The molecule has 10 heteroatoms. The predicted molar refractivity (Wildman–Crippen MR) is 122 cm³/mol. The molecule has 1 aromatic heterocycles. The third-order valence-electron chi connectivity index (χ3n) is 4.79. The van der Waals surface area contributed by atoms with Gasteiger partial charge in [-0.15, -0.1) is 11.3 Å². The van der Waals surface area contributed by atoms with Gasteiger partial charge in [0.15, 0.2) is 0 Å². The molecule has 0 aromatic carbocycles. The molecular formula is C18H30N5O2PS2. The number of ether oxygens (including phenoxy) is 2. The summed E-state index contributed by atoms with van der Waals surface area (Å²) in [5, 5.41) is 6.70. The zero-order valence-corrected chi connectivity index (χ0v) is 19.4. The molecule has 0 radical (unpaired) electrons. The highest BCUT2D eigenvalue weighted by Crippen LogP contribution is 2.66. The minimum absolute atomic E-state index is 0.0646. The molecule has 2 aliphatic rings. The minimum Gasteiger partial charge on any atom is -0.379 e. The Morgan fingerprint density at radius 1 is 1.14 bits per heavy atom. The Labute approximate surface area is 177 Å². The van der Waals surface area contributed by atoms with Gasteiger partial charge in [0.05, 0.1) is 32.6 Å². The van der Waals surface area contributed by atoms with Crippen LogP contribution < -0.4 is 5.43 Å². The van der Waals surface area contributed by atoms with E-state index in [2.05, 4.69) is 40.6 Å². The smallest absolute Gasteiger partial charge is 0.214 e. The number of hydrogen-bond acceptors (Lipinski definition) is 5. The fourth-order valence-corrected chi connectivity index (χ4v) is 8.96. The molecule has 0 saturated carbocycles. The number of thiophene rings is 1. The number of hydrazone groups is 1. The van der Waals surface area contributed by atoms with Crippen LogP contribution in [0.15, 0.2) is 27.4 Å². The van der Waals surface area contributed by atoms with Crippen LogP contribution >= 0.6 is 30.9 Å². The van der Waals surface area contributed by atoms with E-state index < -0.39 is 7.36 Å². The number of hydrogen-bond donors (Lipinski definition) is 1. The zero-order chi connectivity index (χ0) is 20.0. The molecule has 0 unspecified atom stereocenters. The number of nitrogens with one attached hydrogen (secondary N) is 1. The van der Waals surface area contributed by atoms with Crippen LogP contribution in [0.1, 0.15) is 25.6 Å². The second kappa shape index (κ2) is 9.89. The maximum atomic E-state index is 5.63. The first-order valence-electron chi connectivity index (χ1n) is 9.59. The van der Waals surface area contributed by atoms with E-state index in [9.17, 15) is 0 Å². The quantitative estimate of drug-likeness (QED) is 0.333. The van der Waals surface area contributed by atoms with Crippen molar-refractivity contribution in [2.75, 3.05) is 52.6 Å². The summed E-state index contributed by atoms with van der Waals surface area (Å²) >= 11 is 7.27. The molecule has 3 heterocycles. The summed E-state index contributed by atoms with van der Waals surface area (Å²) < 4.78 is 21.5. The minimum atomic E-state index is -2.13. The van der Waals surface area contributed by atoms with E-state index in [1.54, 1.807) is 17.6 Å². The van der Waals surface area contributed by atoms with Gasteiger partial charge in [0.25, 0.3) is 0 Å². The van der Waals surface area contributed by atoms with Gasteiger partial charge in [0.1, 0.15) is 7.36 Å². The number of nitrogens with zero attached hydrogens (tertiary/aromatic N) is 4. The van der Waals surface area contributed by atoms with Gasteiger partial charge in [0.2, 0.25) is 5.11 Å². The molecule has 0 aliphatic carbocycles. The molecule has 0 atom stereocenters. The van der Waals surface area contributed by atoms with Crippen LogP contribution in [-0.4, -0.2) is 78.4 Å². The first-order valence-corrected chi connectivity index (χ1v) is 12.5. The molecule has 0 amide bonds. The van der Waals surface area contributed by atoms with Crippen molar-refractivity contribution < 1.29 is 9.47 Å². The van der Waals surface area contributed by atoms with E-state index in [1.807, 2.05) is 17.5 Å². The van der Waals surface area contributed by atoms with Crippen molar-refractivity contribution in [2.24, 2.45) is 9.85 Å². The molecule has 0 bridgehead atoms. The average Bonchev–Trinajstić information content (AvgIpc) is 3.20. The molecule has 3 rings (SSSR count). The van der Waals surface area contributed by atoms with Crippen molar-refractivity contribution in [3.63, 3.8) is 0 Å². The summed E-state index contributed by atoms with van der Waals surface area (Å²) in [6, 6.07) is 4.02. The van der Waals surface area contributed by atoms with Crippen molar-refractivity contribution in [3.8, 4) is 0 Å². The van der Waals surface area contributed by atoms with Gasteiger partial charge in [-0.25, -0.2) is 4.74 Å². The van der Waals surface area contributed by atoms with E-state index in [-0.39, 0.29) is 5.16 Å². The number of morpholine rings is 2. The second-order valence-electron chi connectivity index (χ2n) is 7.66. The second-order valence-corrected chi connectivity index (χ2v) is 12.8. The third-order valence-corrected chi connectivity index (χ3v) is 10.6. The van der Waals surface area contributed by atoms with Crippen LogP contribution in [-0.2, 0) is 9.47 Å². The van der Waals surface area contributed by atoms with Crippen molar-refractivity contribution >= 4 is 42.2 Å². The SMILES string of the molecule is CC(C)(C)P(=NC(=S)N/N=C/c1cccs1)(N1CCOCC1)N1CCOCC1. The lowest BCUT2D eigenvalue weighted by Crippen LogP contribution is -2.48. The van der Waals surface area contributed by atoms with E-state index >= 15 is 0 Å². The van der Waals surface area contributed by atoms with E-state index in [0.29, 0.717) is 5.11 Å². The lowest BCUT2D eigenvalue weighted by molar-refractivity contribution is 0.0551. The van der Waals surface area contributed by atoms with Gasteiger partial charge in [0, 0.05) is 36.2 Å². The highest BCUT2D eigenvalue weighted by atomic mass is 32.1. The molecule has 28 heavy (non-hydrogen) atoms. The molecular weight excluding hydrogens is 413 g/mol. The summed E-state index contributed by atoms with van der Waals surface area (Å²) in [6.07, 6.45) is 1.78. The Morgan fingerprint density at radius 3 is 2.18 bits per heavy atom. The molecule has 2 fully saturated rings. The van der Waals surface area contributed by atoms with Gasteiger partial charge >= 0.3 is 0 Å². The highest BCUT2D eigenvalue weighted by molar-refractivity contribution is 7.81. The number of thiocarbonyl (C=S) groups is 1. The molecule has 2 saturated heterocycles. The predicted octanol–water partition coefficient (Wildman–Crippen LogP) is 3.45. The monoisotopic (exact) mass is 443 g/mol. The van der Waals surface area contributed by atoms with Crippen molar-refractivity contribution in [1.29, 1.82) is 0 Å². The third kappa shape index (κ3) is 5.08. The average molecular weight is 444 g/mol. The standard InChI is InChI=1S/C18H30N5O2PS2/c1-18(2,3)26(22-6-10-24-11-7-22,23-8-12-25-13-9-23)21-17(27)20-19-15-16-5-4-14-28-16/h4-5,14-15H,6-13H2,1-3H3,(H,20,27)/b19-15+. The Hall–Kier alpha value is -0.670. The Balaban J connectivity index is 1.92. The lowest BCUT2D eigenvalue weighted by atomic mass is 10.3. The number of rotatable bonds is 4. The van der Waals surface area contributed by atoms with Crippen LogP contribution in [0.4, 0.5) is 0 Å². The van der Waals surface area contributed by atoms with Crippen molar-refractivity contribution in [1.82, 2.24) is 14.8 Å². The zero-order valence-electron chi connectivity index (χ0n) is 16.8. The van der Waals surface area contributed by atoms with Gasteiger partial charge in [-0.1, -0.05) is 26.8 Å². The molecule has 7 nitrogen and oxygen atoms in total. The van der Waals surface area contributed by atoms with Crippen LogP contribution in [0.25, 0.3) is 0 Å². The first kappa shape index (κ1) is 22.0. The first-order chi connectivity index (χ1) is 13.4. The summed E-state index contributed by atoms with van der Waals surface area (Å²) in [5.74, 6) is 0. The van der Waals surface area contributed by atoms with Crippen LogP contribution in [0.2, 0.25) is 0 Å². The molecule has 156 valence electrons. The van der Waals surface area contributed by atoms with Gasteiger partial charge in [-0.05, 0) is 23.7 Å².